The first kappa shape index (κ1) is 10.0. The molecule has 1 rings (SSSR count). The standard InChI is InChI=1S/C7H8ClIN2O/c8-7-5(12-4-3-10)1-2-6(9)11-7/h1-2H,3-4,10H2. The first-order valence-electron chi connectivity index (χ1n) is 3.39. The van der Waals surface area contributed by atoms with Crippen LogP contribution in [0, 0.1) is 3.70 Å². The molecule has 0 saturated heterocycles. The first-order valence-corrected chi connectivity index (χ1v) is 4.84. The Labute approximate surface area is 89.4 Å². The molecule has 5 heteroatoms. The summed E-state index contributed by atoms with van der Waals surface area (Å²) in [6.45, 7) is 0.935. The lowest BCUT2D eigenvalue weighted by molar-refractivity contribution is 0.327. The minimum Gasteiger partial charge on any atom is -0.489 e. The van der Waals surface area contributed by atoms with Gasteiger partial charge in [0.1, 0.15) is 10.3 Å². The molecule has 0 fully saturated rings. The number of rotatable bonds is 3. The molecule has 0 aromatic carbocycles. The predicted octanol–water partition coefficient (Wildman–Crippen LogP) is 1.68. The number of hydrogen-bond donors (Lipinski definition) is 1. The molecular formula is C7H8ClIN2O. The highest BCUT2D eigenvalue weighted by molar-refractivity contribution is 14.1. The Balaban J connectivity index is 2.72. The van der Waals surface area contributed by atoms with Crippen LogP contribution in [0.2, 0.25) is 5.15 Å². The Morgan fingerprint density at radius 2 is 2.33 bits per heavy atom. The van der Waals surface area contributed by atoms with E-state index in [2.05, 4.69) is 27.6 Å². The average Bonchev–Trinajstić information content (AvgIpc) is 2.03. The van der Waals surface area contributed by atoms with Gasteiger partial charge in [-0.2, -0.15) is 0 Å². The maximum Gasteiger partial charge on any atom is 0.172 e. The molecule has 1 aromatic heterocycles. The molecule has 66 valence electrons. The van der Waals surface area contributed by atoms with Crippen LogP contribution in [0.25, 0.3) is 0 Å². The van der Waals surface area contributed by atoms with E-state index in [0.717, 1.165) is 3.70 Å². The summed E-state index contributed by atoms with van der Waals surface area (Å²) < 4.78 is 6.06. The van der Waals surface area contributed by atoms with Gasteiger partial charge in [-0.05, 0) is 34.7 Å². The number of pyridine rings is 1. The van der Waals surface area contributed by atoms with Crippen molar-refractivity contribution in [3.8, 4) is 5.75 Å². The monoisotopic (exact) mass is 298 g/mol. The van der Waals surface area contributed by atoms with Crippen LogP contribution in [0.4, 0.5) is 0 Å². The molecule has 0 atom stereocenters. The van der Waals surface area contributed by atoms with Gasteiger partial charge in [-0.15, -0.1) is 0 Å². The zero-order valence-corrected chi connectivity index (χ0v) is 9.17. The topological polar surface area (TPSA) is 48.1 Å². The third-order valence-electron chi connectivity index (χ3n) is 1.16. The fourth-order valence-corrected chi connectivity index (χ4v) is 1.45. The lowest BCUT2D eigenvalue weighted by Gasteiger charge is -2.05. The summed E-state index contributed by atoms with van der Waals surface area (Å²) in [7, 11) is 0. The van der Waals surface area contributed by atoms with Crippen LogP contribution in [0.3, 0.4) is 0 Å². The van der Waals surface area contributed by atoms with Crippen molar-refractivity contribution in [2.45, 2.75) is 0 Å². The lowest BCUT2D eigenvalue weighted by atomic mass is 10.5. The van der Waals surface area contributed by atoms with Crippen LogP contribution in [0.5, 0.6) is 5.75 Å². The van der Waals surface area contributed by atoms with Crippen LogP contribution < -0.4 is 10.5 Å². The van der Waals surface area contributed by atoms with Gasteiger partial charge in [-0.25, -0.2) is 4.98 Å². The summed E-state index contributed by atoms with van der Waals surface area (Å²) in [5.74, 6) is 0.586. The molecule has 1 aromatic rings. The highest BCUT2D eigenvalue weighted by Gasteiger charge is 2.01. The van der Waals surface area contributed by atoms with Crippen LogP contribution in [-0.4, -0.2) is 18.1 Å². The number of aromatic nitrogens is 1. The number of nitrogens with two attached hydrogens (primary N) is 1. The molecule has 0 saturated carbocycles. The molecule has 0 aliphatic carbocycles. The van der Waals surface area contributed by atoms with E-state index in [9.17, 15) is 0 Å². The van der Waals surface area contributed by atoms with E-state index in [-0.39, 0.29) is 0 Å². The number of hydrogen-bond acceptors (Lipinski definition) is 3. The predicted molar refractivity (Wildman–Crippen MR) is 56.5 cm³/mol. The van der Waals surface area contributed by atoms with Crippen LogP contribution in [0.15, 0.2) is 12.1 Å². The zero-order chi connectivity index (χ0) is 8.97. The smallest absolute Gasteiger partial charge is 0.172 e. The third kappa shape index (κ3) is 2.76. The maximum absolute atomic E-state index is 5.78. The molecule has 0 aliphatic rings. The van der Waals surface area contributed by atoms with Crippen LogP contribution in [-0.2, 0) is 0 Å². The number of ether oxygens (including phenoxy) is 1. The van der Waals surface area contributed by atoms with Gasteiger partial charge in [0.25, 0.3) is 0 Å². The summed E-state index contributed by atoms with van der Waals surface area (Å²) in [5.41, 5.74) is 5.27. The van der Waals surface area contributed by atoms with Crippen molar-refractivity contribution in [1.29, 1.82) is 0 Å². The fourth-order valence-electron chi connectivity index (χ4n) is 0.676. The Morgan fingerprint density at radius 1 is 1.58 bits per heavy atom. The second-order valence-corrected chi connectivity index (χ2v) is 3.52. The van der Waals surface area contributed by atoms with Gasteiger partial charge in [-0.1, -0.05) is 11.6 Å². The van der Waals surface area contributed by atoms with E-state index in [1.165, 1.54) is 0 Å². The lowest BCUT2D eigenvalue weighted by Crippen LogP contribution is -2.11. The van der Waals surface area contributed by atoms with E-state index >= 15 is 0 Å². The molecule has 1 heterocycles. The van der Waals surface area contributed by atoms with Crippen molar-refractivity contribution in [3.63, 3.8) is 0 Å². The third-order valence-corrected chi connectivity index (χ3v) is 2.03. The second kappa shape index (κ2) is 4.84. The van der Waals surface area contributed by atoms with Gasteiger partial charge in [0, 0.05) is 6.54 Å². The molecule has 0 bridgehead atoms. The molecule has 2 N–H and O–H groups in total. The number of halogens is 2. The fraction of sp³-hybridized carbons (Fsp3) is 0.286. The van der Waals surface area contributed by atoms with Crippen LogP contribution in [0.1, 0.15) is 0 Å². The summed E-state index contributed by atoms with van der Waals surface area (Å²) in [5, 5.41) is 0.385. The highest BCUT2D eigenvalue weighted by Crippen LogP contribution is 2.22. The highest BCUT2D eigenvalue weighted by atomic mass is 127. The number of nitrogens with zero attached hydrogens (tertiary/aromatic N) is 1. The summed E-state index contributed by atoms with van der Waals surface area (Å²) >= 11 is 7.87. The van der Waals surface area contributed by atoms with E-state index in [4.69, 9.17) is 22.1 Å². The van der Waals surface area contributed by atoms with Crippen molar-refractivity contribution in [2.75, 3.05) is 13.2 Å². The van der Waals surface area contributed by atoms with Crippen molar-refractivity contribution in [2.24, 2.45) is 5.73 Å². The van der Waals surface area contributed by atoms with E-state index < -0.39 is 0 Å². The van der Waals surface area contributed by atoms with Gasteiger partial charge in [0.2, 0.25) is 0 Å². The largest absolute Gasteiger partial charge is 0.489 e. The summed E-state index contributed by atoms with van der Waals surface area (Å²) in [6.07, 6.45) is 0. The molecule has 0 amide bonds. The summed E-state index contributed by atoms with van der Waals surface area (Å²) in [6, 6.07) is 3.62. The molecule has 0 aliphatic heterocycles. The van der Waals surface area contributed by atoms with E-state index in [0.29, 0.717) is 24.1 Å². The minimum absolute atomic E-state index is 0.385. The van der Waals surface area contributed by atoms with E-state index in [1.54, 1.807) is 6.07 Å². The van der Waals surface area contributed by atoms with Gasteiger partial charge in [-0.3, -0.25) is 0 Å². The average molecular weight is 299 g/mol. The first-order chi connectivity index (χ1) is 5.74. The molecule has 0 radical (unpaired) electrons. The Bertz CT molecular complexity index is 270. The minimum atomic E-state index is 0.385. The normalized spacial score (nSPS) is 9.92. The van der Waals surface area contributed by atoms with Gasteiger partial charge < -0.3 is 10.5 Å². The van der Waals surface area contributed by atoms with Crippen molar-refractivity contribution in [3.05, 3.63) is 21.0 Å². The Kier molecular flexibility index (Phi) is 4.03. The maximum atomic E-state index is 5.78. The summed E-state index contributed by atoms with van der Waals surface area (Å²) in [4.78, 5) is 4.01. The van der Waals surface area contributed by atoms with Crippen LogP contribution >= 0.6 is 34.2 Å². The van der Waals surface area contributed by atoms with Gasteiger partial charge in [0.05, 0.1) is 0 Å². The molecule has 0 unspecified atom stereocenters. The second-order valence-electron chi connectivity index (χ2n) is 2.06. The molecule has 12 heavy (non-hydrogen) atoms. The quantitative estimate of drug-likeness (QED) is 0.682. The molecule has 3 nitrogen and oxygen atoms in total. The van der Waals surface area contributed by atoms with Gasteiger partial charge in [0.15, 0.2) is 10.9 Å². The van der Waals surface area contributed by atoms with Crippen molar-refractivity contribution in [1.82, 2.24) is 4.98 Å². The molecule has 0 spiro atoms. The SMILES string of the molecule is NCCOc1ccc(I)nc1Cl. The van der Waals surface area contributed by atoms with Gasteiger partial charge >= 0.3 is 0 Å². The van der Waals surface area contributed by atoms with Crippen molar-refractivity contribution < 1.29 is 4.74 Å². The molecular weight excluding hydrogens is 290 g/mol. The van der Waals surface area contributed by atoms with Crippen molar-refractivity contribution >= 4 is 34.2 Å². The zero-order valence-electron chi connectivity index (χ0n) is 6.26. The Morgan fingerprint density at radius 3 is 2.92 bits per heavy atom. The van der Waals surface area contributed by atoms with E-state index in [1.807, 2.05) is 6.07 Å². The Hall–Kier alpha value is -0.0700.